The Kier molecular flexibility index (Phi) is 3.57. The van der Waals surface area contributed by atoms with E-state index in [0.29, 0.717) is 6.61 Å². The molecule has 0 aliphatic heterocycles. The van der Waals surface area contributed by atoms with Gasteiger partial charge in [0.2, 0.25) is 0 Å². The van der Waals surface area contributed by atoms with E-state index in [9.17, 15) is 4.79 Å². The van der Waals surface area contributed by atoms with Crippen LogP contribution in [-0.4, -0.2) is 19.7 Å². The summed E-state index contributed by atoms with van der Waals surface area (Å²) in [4.78, 5) is 11.0. The lowest BCUT2D eigenvalue weighted by atomic mass is 10.5. The van der Waals surface area contributed by atoms with E-state index >= 15 is 0 Å². The summed E-state index contributed by atoms with van der Waals surface area (Å²) in [5.41, 5.74) is 0.756. The summed E-state index contributed by atoms with van der Waals surface area (Å²) in [5, 5.41) is 8.42. The van der Waals surface area contributed by atoms with E-state index in [1.54, 1.807) is 6.92 Å². The molecule has 0 bridgehead atoms. The first kappa shape index (κ1) is 9.85. The smallest absolute Gasteiger partial charge is 0.411 e. The van der Waals surface area contributed by atoms with Crippen LogP contribution in [0.15, 0.2) is 11.4 Å². The van der Waals surface area contributed by atoms with Gasteiger partial charge in [-0.25, -0.2) is 4.79 Å². The third-order valence-corrected chi connectivity index (χ3v) is 2.34. The average Bonchev–Trinajstić information content (AvgIpc) is 2.52. The van der Waals surface area contributed by atoms with Gasteiger partial charge in [0.05, 0.1) is 12.3 Å². The molecule has 1 rings (SSSR count). The SMILES string of the molecule is CCOC(=O)Nc1ccsc1NC. The number of hydrogen-bond acceptors (Lipinski definition) is 4. The number of carbonyl (C=O) groups is 1. The van der Waals surface area contributed by atoms with Gasteiger partial charge in [-0.2, -0.15) is 0 Å². The first-order valence-corrected chi connectivity index (χ1v) is 4.85. The Labute approximate surface area is 80.9 Å². The second-order valence-corrected chi connectivity index (χ2v) is 3.17. The minimum absolute atomic E-state index is 0.380. The van der Waals surface area contributed by atoms with Gasteiger partial charge in [-0.3, -0.25) is 5.32 Å². The summed E-state index contributed by atoms with van der Waals surface area (Å²) < 4.78 is 4.74. The van der Waals surface area contributed by atoms with Crippen molar-refractivity contribution in [2.75, 3.05) is 24.3 Å². The lowest BCUT2D eigenvalue weighted by molar-refractivity contribution is 0.168. The normalized spacial score (nSPS) is 9.38. The van der Waals surface area contributed by atoms with Gasteiger partial charge in [-0.15, -0.1) is 11.3 Å². The second kappa shape index (κ2) is 4.71. The van der Waals surface area contributed by atoms with E-state index in [4.69, 9.17) is 4.74 Å². The number of ether oxygens (including phenoxy) is 1. The number of rotatable bonds is 3. The van der Waals surface area contributed by atoms with E-state index in [2.05, 4.69) is 10.6 Å². The highest BCUT2D eigenvalue weighted by Gasteiger charge is 2.06. The van der Waals surface area contributed by atoms with Gasteiger partial charge in [0.25, 0.3) is 0 Å². The highest BCUT2D eigenvalue weighted by molar-refractivity contribution is 7.14. The van der Waals surface area contributed by atoms with Crippen molar-refractivity contribution in [1.29, 1.82) is 0 Å². The van der Waals surface area contributed by atoms with Gasteiger partial charge in [-0.05, 0) is 18.4 Å². The van der Waals surface area contributed by atoms with Gasteiger partial charge in [0, 0.05) is 7.05 Å². The van der Waals surface area contributed by atoms with Crippen LogP contribution >= 0.6 is 11.3 Å². The second-order valence-electron chi connectivity index (χ2n) is 2.26. The van der Waals surface area contributed by atoms with Crippen molar-refractivity contribution in [2.24, 2.45) is 0 Å². The Balaban J connectivity index is 2.57. The van der Waals surface area contributed by atoms with E-state index in [0.717, 1.165) is 10.7 Å². The fourth-order valence-corrected chi connectivity index (χ4v) is 1.58. The highest BCUT2D eigenvalue weighted by atomic mass is 32.1. The molecular weight excluding hydrogens is 188 g/mol. The van der Waals surface area contributed by atoms with Gasteiger partial charge < -0.3 is 10.1 Å². The van der Waals surface area contributed by atoms with Gasteiger partial charge >= 0.3 is 6.09 Å². The van der Waals surface area contributed by atoms with E-state index in [1.807, 2.05) is 18.5 Å². The summed E-state index contributed by atoms with van der Waals surface area (Å²) >= 11 is 1.53. The van der Waals surface area contributed by atoms with Crippen molar-refractivity contribution < 1.29 is 9.53 Å². The van der Waals surface area contributed by atoms with E-state index < -0.39 is 6.09 Å². The van der Waals surface area contributed by atoms with E-state index in [1.165, 1.54) is 11.3 Å². The highest BCUT2D eigenvalue weighted by Crippen LogP contribution is 2.27. The molecule has 4 nitrogen and oxygen atoms in total. The Morgan fingerprint density at radius 2 is 2.46 bits per heavy atom. The summed E-state index contributed by atoms with van der Waals surface area (Å²) in [6.45, 7) is 2.15. The van der Waals surface area contributed by atoms with E-state index in [-0.39, 0.29) is 0 Å². The van der Waals surface area contributed by atoms with Crippen molar-refractivity contribution in [1.82, 2.24) is 0 Å². The van der Waals surface area contributed by atoms with Crippen LogP contribution in [0, 0.1) is 0 Å². The number of carbonyl (C=O) groups excluding carboxylic acids is 1. The van der Waals surface area contributed by atoms with Crippen molar-refractivity contribution >= 4 is 28.1 Å². The number of thiophene rings is 1. The lowest BCUT2D eigenvalue weighted by Crippen LogP contribution is -2.13. The van der Waals surface area contributed by atoms with Crippen LogP contribution < -0.4 is 10.6 Å². The molecule has 72 valence electrons. The Hall–Kier alpha value is -1.23. The van der Waals surface area contributed by atoms with Crippen molar-refractivity contribution in [3.63, 3.8) is 0 Å². The minimum atomic E-state index is -0.419. The third kappa shape index (κ3) is 2.62. The molecule has 13 heavy (non-hydrogen) atoms. The van der Waals surface area contributed by atoms with Crippen LogP contribution in [0.4, 0.5) is 15.5 Å². The standard InChI is InChI=1S/C8H12N2O2S/c1-3-12-8(11)10-6-4-5-13-7(6)9-2/h4-5,9H,3H2,1-2H3,(H,10,11). The quantitative estimate of drug-likeness (QED) is 0.787. The molecule has 2 N–H and O–H groups in total. The van der Waals surface area contributed by atoms with Gasteiger partial charge in [0.15, 0.2) is 0 Å². The number of amides is 1. The molecule has 1 amide bonds. The largest absolute Gasteiger partial charge is 0.450 e. The molecule has 1 heterocycles. The molecule has 0 radical (unpaired) electrons. The maximum absolute atomic E-state index is 11.0. The molecule has 0 fully saturated rings. The maximum atomic E-state index is 11.0. The van der Waals surface area contributed by atoms with Crippen LogP contribution in [0.3, 0.4) is 0 Å². The zero-order chi connectivity index (χ0) is 9.68. The van der Waals surface area contributed by atoms with Gasteiger partial charge in [-0.1, -0.05) is 0 Å². The molecule has 0 saturated heterocycles. The first-order chi connectivity index (χ1) is 6.27. The first-order valence-electron chi connectivity index (χ1n) is 3.97. The minimum Gasteiger partial charge on any atom is -0.450 e. The number of anilines is 2. The number of hydrogen-bond donors (Lipinski definition) is 2. The molecule has 1 aromatic rings. The molecule has 0 spiro atoms. The monoisotopic (exact) mass is 200 g/mol. The molecule has 0 aromatic carbocycles. The molecule has 5 heteroatoms. The summed E-state index contributed by atoms with van der Waals surface area (Å²) in [5.74, 6) is 0. The molecule has 0 saturated carbocycles. The Morgan fingerprint density at radius 3 is 3.08 bits per heavy atom. The maximum Gasteiger partial charge on any atom is 0.411 e. The average molecular weight is 200 g/mol. The summed E-state index contributed by atoms with van der Waals surface area (Å²) in [6, 6.07) is 1.83. The molecule has 0 atom stereocenters. The van der Waals surface area contributed by atoms with Crippen molar-refractivity contribution in [3.05, 3.63) is 11.4 Å². The Bertz CT molecular complexity index is 285. The topological polar surface area (TPSA) is 50.4 Å². The Morgan fingerprint density at radius 1 is 1.69 bits per heavy atom. The molecule has 0 aliphatic carbocycles. The van der Waals surface area contributed by atoms with Crippen LogP contribution in [0.1, 0.15) is 6.92 Å². The molecule has 0 unspecified atom stereocenters. The lowest BCUT2D eigenvalue weighted by Gasteiger charge is -2.05. The van der Waals surface area contributed by atoms with Crippen LogP contribution in [0.25, 0.3) is 0 Å². The zero-order valence-corrected chi connectivity index (χ0v) is 8.40. The number of nitrogens with one attached hydrogen (secondary N) is 2. The fourth-order valence-electron chi connectivity index (χ4n) is 0.878. The van der Waals surface area contributed by atoms with Crippen LogP contribution in [0.2, 0.25) is 0 Å². The predicted octanol–water partition coefficient (Wildman–Crippen LogP) is 2.36. The third-order valence-electron chi connectivity index (χ3n) is 1.40. The van der Waals surface area contributed by atoms with Crippen molar-refractivity contribution in [3.8, 4) is 0 Å². The van der Waals surface area contributed by atoms with Crippen LogP contribution in [0.5, 0.6) is 0 Å². The fraction of sp³-hybridized carbons (Fsp3) is 0.375. The van der Waals surface area contributed by atoms with Gasteiger partial charge in [0.1, 0.15) is 5.00 Å². The summed E-state index contributed by atoms with van der Waals surface area (Å²) in [7, 11) is 1.81. The molecule has 0 aliphatic rings. The zero-order valence-electron chi connectivity index (χ0n) is 7.59. The van der Waals surface area contributed by atoms with Crippen molar-refractivity contribution in [2.45, 2.75) is 6.92 Å². The predicted molar refractivity (Wildman–Crippen MR) is 54.5 cm³/mol. The molecular formula is C8H12N2O2S. The summed E-state index contributed by atoms with van der Waals surface area (Å²) in [6.07, 6.45) is -0.419. The molecule has 1 aromatic heterocycles. The van der Waals surface area contributed by atoms with Crippen LogP contribution in [-0.2, 0) is 4.74 Å².